The predicted molar refractivity (Wildman–Crippen MR) is 81.8 cm³/mol. The smallest absolute Gasteiger partial charge is 0.118 e. The van der Waals surface area contributed by atoms with E-state index in [1.807, 2.05) is 12.1 Å². The maximum atomic E-state index is 5.17. The summed E-state index contributed by atoms with van der Waals surface area (Å²) in [5.41, 5.74) is 1.30. The highest BCUT2D eigenvalue weighted by molar-refractivity contribution is 5.28. The molecule has 2 unspecified atom stereocenters. The van der Waals surface area contributed by atoms with Gasteiger partial charge in [0.15, 0.2) is 0 Å². The largest absolute Gasteiger partial charge is 0.497 e. The number of nitrogens with zero attached hydrogens (tertiary/aromatic N) is 1. The van der Waals surface area contributed by atoms with Gasteiger partial charge in [-0.2, -0.15) is 0 Å². The molecule has 3 heteroatoms. The van der Waals surface area contributed by atoms with Gasteiger partial charge in [0.2, 0.25) is 0 Å². The molecule has 0 aliphatic carbocycles. The average Bonchev–Trinajstić information content (AvgIpc) is 2.46. The second kappa shape index (κ2) is 8.18. The van der Waals surface area contributed by atoms with Gasteiger partial charge in [-0.05, 0) is 45.0 Å². The Morgan fingerprint density at radius 2 is 1.84 bits per heavy atom. The molecule has 19 heavy (non-hydrogen) atoms. The molecular weight excluding hydrogens is 236 g/mol. The number of hydrogen-bond acceptors (Lipinski definition) is 3. The molecule has 0 amide bonds. The van der Waals surface area contributed by atoms with E-state index in [4.69, 9.17) is 4.74 Å². The number of rotatable bonds is 8. The first-order valence-electron chi connectivity index (χ1n) is 7.16. The molecule has 0 aliphatic heterocycles. The van der Waals surface area contributed by atoms with Crippen LogP contribution in [0.3, 0.4) is 0 Å². The molecule has 2 atom stereocenters. The van der Waals surface area contributed by atoms with Crippen molar-refractivity contribution in [2.24, 2.45) is 0 Å². The number of methoxy groups -OCH3 is 1. The molecule has 0 heterocycles. The van der Waals surface area contributed by atoms with Crippen molar-refractivity contribution >= 4 is 0 Å². The molecule has 0 saturated carbocycles. The van der Waals surface area contributed by atoms with E-state index < -0.39 is 0 Å². The summed E-state index contributed by atoms with van der Waals surface area (Å²) in [7, 11) is 3.88. The number of hydrogen-bond donors (Lipinski definition) is 1. The lowest BCUT2D eigenvalue weighted by Gasteiger charge is -2.24. The van der Waals surface area contributed by atoms with Crippen LogP contribution in [-0.2, 0) is 0 Å². The molecule has 0 bridgehead atoms. The first kappa shape index (κ1) is 16.0. The van der Waals surface area contributed by atoms with Gasteiger partial charge in [0.25, 0.3) is 0 Å². The third-order valence-electron chi connectivity index (χ3n) is 3.87. The van der Waals surface area contributed by atoms with Crippen LogP contribution in [0.2, 0.25) is 0 Å². The van der Waals surface area contributed by atoms with Gasteiger partial charge < -0.3 is 15.0 Å². The lowest BCUT2D eigenvalue weighted by atomic mass is 10.1. The van der Waals surface area contributed by atoms with Crippen LogP contribution in [0.25, 0.3) is 0 Å². The van der Waals surface area contributed by atoms with Crippen LogP contribution in [-0.4, -0.2) is 38.2 Å². The predicted octanol–water partition coefficient (Wildman–Crippen LogP) is 3.08. The Morgan fingerprint density at radius 1 is 1.21 bits per heavy atom. The molecule has 0 radical (unpaired) electrons. The minimum absolute atomic E-state index is 0.372. The first-order chi connectivity index (χ1) is 9.08. The van der Waals surface area contributed by atoms with Crippen molar-refractivity contribution in [3.05, 3.63) is 29.8 Å². The fourth-order valence-electron chi connectivity index (χ4n) is 2.00. The zero-order chi connectivity index (χ0) is 14.3. The molecule has 0 fully saturated rings. The molecule has 3 nitrogen and oxygen atoms in total. The third kappa shape index (κ3) is 5.21. The van der Waals surface area contributed by atoms with E-state index in [2.05, 4.69) is 50.2 Å². The fourth-order valence-corrected chi connectivity index (χ4v) is 2.00. The van der Waals surface area contributed by atoms with E-state index in [0.717, 1.165) is 18.8 Å². The minimum atomic E-state index is 0.372. The number of benzene rings is 1. The average molecular weight is 264 g/mol. The van der Waals surface area contributed by atoms with Gasteiger partial charge in [0, 0.05) is 25.2 Å². The van der Waals surface area contributed by atoms with Crippen molar-refractivity contribution in [3.63, 3.8) is 0 Å². The second-order valence-electron chi connectivity index (χ2n) is 5.19. The first-order valence-corrected chi connectivity index (χ1v) is 7.16. The minimum Gasteiger partial charge on any atom is -0.497 e. The van der Waals surface area contributed by atoms with E-state index in [9.17, 15) is 0 Å². The van der Waals surface area contributed by atoms with Crippen molar-refractivity contribution in [2.75, 3.05) is 27.2 Å². The molecule has 108 valence electrons. The van der Waals surface area contributed by atoms with Gasteiger partial charge in [-0.1, -0.05) is 19.1 Å². The molecule has 1 aromatic rings. The Bertz CT molecular complexity index is 350. The summed E-state index contributed by atoms with van der Waals surface area (Å²) in [5, 5.41) is 3.56. The summed E-state index contributed by atoms with van der Waals surface area (Å²) in [5.74, 6) is 0.910. The summed E-state index contributed by atoms with van der Waals surface area (Å²) in [6.07, 6.45) is 1.20. The molecule has 1 aromatic carbocycles. The Hall–Kier alpha value is -1.06. The molecular formula is C16H28N2O. The SMILES string of the molecule is CCC(C)N(C)CCNC(C)c1ccc(OC)cc1. The molecule has 0 aliphatic rings. The molecule has 0 saturated heterocycles. The van der Waals surface area contributed by atoms with Crippen LogP contribution in [0.4, 0.5) is 0 Å². The van der Waals surface area contributed by atoms with E-state index in [0.29, 0.717) is 12.1 Å². The quantitative estimate of drug-likeness (QED) is 0.781. The molecule has 0 aromatic heterocycles. The lowest BCUT2D eigenvalue weighted by molar-refractivity contribution is 0.249. The lowest BCUT2D eigenvalue weighted by Crippen LogP contribution is -2.35. The van der Waals surface area contributed by atoms with Crippen LogP contribution >= 0.6 is 0 Å². The van der Waals surface area contributed by atoms with E-state index in [1.165, 1.54) is 12.0 Å². The van der Waals surface area contributed by atoms with Crippen LogP contribution in [0.1, 0.15) is 38.8 Å². The van der Waals surface area contributed by atoms with Crippen LogP contribution < -0.4 is 10.1 Å². The fraction of sp³-hybridized carbons (Fsp3) is 0.625. The highest BCUT2D eigenvalue weighted by Gasteiger charge is 2.08. The van der Waals surface area contributed by atoms with Crippen molar-refractivity contribution in [3.8, 4) is 5.75 Å². The van der Waals surface area contributed by atoms with Crippen LogP contribution in [0.15, 0.2) is 24.3 Å². The van der Waals surface area contributed by atoms with Crippen LogP contribution in [0, 0.1) is 0 Å². The van der Waals surface area contributed by atoms with Crippen molar-refractivity contribution in [2.45, 2.75) is 39.3 Å². The van der Waals surface area contributed by atoms with Crippen molar-refractivity contribution in [1.82, 2.24) is 10.2 Å². The maximum absolute atomic E-state index is 5.17. The Morgan fingerprint density at radius 3 is 2.37 bits per heavy atom. The maximum Gasteiger partial charge on any atom is 0.118 e. The summed E-state index contributed by atoms with van der Waals surface area (Å²) >= 11 is 0. The zero-order valence-electron chi connectivity index (χ0n) is 12.9. The highest BCUT2D eigenvalue weighted by Crippen LogP contribution is 2.16. The monoisotopic (exact) mass is 264 g/mol. The van der Waals surface area contributed by atoms with Gasteiger partial charge in [0.1, 0.15) is 5.75 Å². The van der Waals surface area contributed by atoms with Gasteiger partial charge in [0.05, 0.1) is 7.11 Å². The van der Waals surface area contributed by atoms with E-state index in [-0.39, 0.29) is 0 Å². The molecule has 1 N–H and O–H groups in total. The van der Waals surface area contributed by atoms with Crippen LogP contribution in [0.5, 0.6) is 5.75 Å². The molecule has 0 spiro atoms. The van der Waals surface area contributed by atoms with Gasteiger partial charge in [-0.25, -0.2) is 0 Å². The number of ether oxygens (including phenoxy) is 1. The highest BCUT2D eigenvalue weighted by atomic mass is 16.5. The van der Waals surface area contributed by atoms with Crippen molar-refractivity contribution < 1.29 is 4.74 Å². The number of nitrogens with one attached hydrogen (secondary N) is 1. The van der Waals surface area contributed by atoms with Crippen molar-refractivity contribution in [1.29, 1.82) is 0 Å². The standard InChI is InChI=1S/C16H28N2O/c1-6-13(2)18(4)12-11-17-14(3)15-7-9-16(19-5)10-8-15/h7-10,13-14,17H,6,11-12H2,1-5H3. The topological polar surface area (TPSA) is 24.5 Å². The summed E-state index contributed by atoms with van der Waals surface area (Å²) in [6, 6.07) is 9.29. The summed E-state index contributed by atoms with van der Waals surface area (Å²) in [4.78, 5) is 2.40. The van der Waals surface area contributed by atoms with Gasteiger partial charge in [-0.15, -0.1) is 0 Å². The summed E-state index contributed by atoms with van der Waals surface area (Å²) < 4.78 is 5.17. The third-order valence-corrected chi connectivity index (χ3v) is 3.87. The van der Waals surface area contributed by atoms with E-state index in [1.54, 1.807) is 7.11 Å². The number of likely N-dealkylation sites (N-methyl/N-ethyl adjacent to an activating group) is 1. The normalized spacial score (nSPS) is 14.4. The summed E-state index contributed by atoms with van der Waals surface area (Å²) in [6.45, 7) is 8.79. The Kier molecular flexibility index (Phi) is 6.89. The second-order valence-corrected chi connectivity index (χ2v) is 5.19. The Balaban J connectivity index is 2.36. The molecule has 1 rings (SSSR count). The van der Waals surface area contributed by atoms with Gasteiger partial charge >= 0.3 is 0 Å². The zero-order valence-corrected chi connectivity index (χ0v) is 12.9. The van der Waals surface area contributed by atoms with E-state index >= 15 is 0 Å². The Labute approximate surface area is 118 Å². The van der Waals surface area contributed by atoms with Gasteiger partial charge in [-0.3, -0.25) is 0 Å².